The molecule has 1 aliphatic heterocycles. The summed E-state index contributed by atoms with van der Waals surface area (Å²) in [6.07, 6.45) is 1.31. The summed E-state index contributed by atoms with van der Waals surface area (Å²) in [4.78, 5) is 14.7. The number of aryl methyl sites for hydroxylation is 1. The van der Waals surface area contributed by atoms with E-state index in [4.69, 9.17) is 11.6 Å². The summed E-state index contributed by atoms with van der Waals surface area (Å²) in [5, 5.41) is 1.91. The molecule has 3 aromatic rings. The van der Waals surface area contributed by atoms with Gasteiger partial charge < -0.3 is 9.47 Å². The number of hydrogen-bond acceptors (Lipinski definition) is 2. The molecule has 4 heteroatoms. The highest BCUT2D eigenvalue weighted by Crippen LogP contribution is 2.47. The minimum absolute atomic E-state index is 0.167. The van der Waals surface area contributed by atoms with Gasteiger partial charge in [-0.05, 0) is 74.6 Å². The van der Waals surface area contributed by atoms with Crippen molar-refractivity contribution in [3.8, 4) is 11.1 Å². The first kappa shape index (κ1) is 20.7. The molecule has 0 saturated heterocycles. The van der Waals surface area contributed by atoms with Gasteiger partial charge in [0, 0.05) is 40.8 Å². The van der Waals surface area contributed by atoms with Crippen LogP contribution in [0.2, 0.25) is 5.02 Å². The fourth-order valence-corrected chi connectivity index (χ4v) is 5.07. The van der Waals surface area contributed by atoms with Crippen molar-refractivity contribution in [1.82, 2.24) is 4.57 Å². The molecule has 1 aromatic heterocycles. The molecule has 1 unspecified atom stereocenters. The maximum Gasteiger partial charge on any atom is 0.134 e. The van der Waals surface area contributed by atoms with Gasteiger partial charge in [-0.15, -0.1) is 0 Å². The second kappa shape index (κ2) is 7.63. The maximum absolute atomic E-state index is 12.3. The molecule has 0 aliphatic carbocycles. The van der Waals surface area contributed by atoms with Crippen molar-refractivity contribution in [3.05, 3.63) is 64.5 Å². The van der Waals surface area contributed by atoms with Gasteiger partial charge in [0.05, 0.1) is 11.2 Å². The molecule has 156 valence electrons. The molecule has 0 N–H and O–H groups in total. The van der Waals surface area contributed by atoms with E-state index in [0.717, 1.165) is 35.4 Å². The first-order chi connectivity index (χ1) is 14.2. The van der Waals surface area contributed by atoms with Crippen LogP contribution in [0.1, 0.15) is 44.0 Å². The average molecular weight is 421 g/mol. The molecule has 0 fully saturated rings. The maximum atomic E-state index is 12.3. The van der Waals surface area contributed by atoms with E-state index in [-0.39, 0.29) is 5.78 Å². The summed E-state index contributed by atoms with van der Waals surface area (Å²) >= 11 is 6.17. The summed E-state index contributed by atoms with van der Waals surface area (Å²) in [5.41, 5.74) is 9.33. The summed E-state index contributed by atoms with van der Waals surface area (Å²) in [6, 6.07) is 10.5. The molecule has 1 atom stereocenters. The minimum Gasteiger partial charge on any atom is -0.341 e. The van der Waals surface area contributed by atoms with Gasteiger partial charge in [-0.2, -0.15) is 0 Å². The zero-order valence-corrected chi connectivity index (χ0v) is 19.2. The number of carbonyl (C=O) groups is 1. The predicted molar refractivity (Wildman–Crippen MR) is 128 cm³/mol. The normalized spacial score (nSPS) is 15.7. The van der Waals surface area contributed by atoms with Crippen molar-refractivity contribution in [2.75, 3.05) is 4.90 Å². The van der Waals surface area contributed by atoms with Crippen molar-refractivity contribution in [2.24, 2.45) is 0 Å². The number of allylic oxidation sites excluding steroid dienone is 1. The van der Waals surface area contributed by atoms with Crippen molar-refractivity contribution in [1.29, 1.82) is 0 Å². The van der Waals surface area contributed by atoms with Crippen LogP contribution in [0.5, 0.6) is 0 Å². The van der Waals surface area contributed by atoms with Crippen molar-refractivity contribution < 1.29 is 4.79 Å². The molecule has 30 heavy (non-hydrogen) atoms. The Bertz CT molecular complexity index is 1170. The molecule has 2 heterocycles. The number of nitrogens with zero attached hydrogens (tertiary/aromatic N) is 2. The highest BCUT2D eigenvalue weighted by Gasteiger charge is 2.32. The Morgan fingerprint density at radius 1 is 1.23 bits per heavy atom. The molecule has 1 aliphatic rings. The number of carbonyl (C=O) groups excluding carboxylic acids is 1. The number of ketones is 1. The summed E-state index contributed by atoms with van der Waals surface area (Å²) in [5.74, 6) is 0.167. The van der Waals surface area contributed by atoms with E-state index in [1.807, 2.05) is 12.1 Å². The minimum atomic E-state index is 0.167. The summed E-state index contributed by atoms with van der Waals surface area (Å²) in [7, 11) is 0. The van der Waals surface area contributed by atoms with Gasteiger partial charge in [-0.3, -0.25) is 4.79 Å². The van der Waals surface area contributed by atoms with E-state index in [0.29, 0.717) is 17.5 Å². The number of benzene rings is 2. The SMILES string of the molecule is C=C(CC)N1c2c(C)c(CC(C)=O)c(-c3ccc(Cl)cc3)c3cc(C)n(c23)CC1C. The Kier molecular flexibility index (Phi) is 5.27. The fourth-order valence-electron chi connectivity index (χ4n) is 4.95. The Labute approximate surface area is 183 Å². The number of anilines is 1. The third-order valence-corrected chi connectivity index (χ3v) is 6.60. The Hall–Kier alpha value is -2.52. The lowest BCUT2D eigenvalue weighted by atomic mass is 9.87. The van der Waals surface area contributed by atoms with E-state index < -0.39 is 0 Å². The molecule has 0 radical (unpaired) electrons. The zero-order chi connectivity index (χ0) is 21.7. The van der Waals surface area contributed by atoms with E-state index >= 15 is 0 Å². The molecule has 0 spiro atoms. The highest BCUT2D eigenvalue weighted by atomic mass is 35.5. The van der Waals surface area contributed by atoms with Gasteiger partial charge in [0.15, 0.2) is 0 Å². The summed E-state index contributed by atoms with van der Waals surface area (Å²) < 4.78 is 2.43. The van der Waals surface area contributed by atoms with Crippen LogP contribution >= 0.6 is 11.6 Å². The van der Waals surface area contributed by atoms with Gasteiger partial charge in [0.2, 0.25) is 0 Å². The lowest BCUT2D eigenvalue weighted by molar-refractivity contribution is -0.116. The standard InChI is InChI=1S/C26H29ClN2O/c1-7-15(2)29-17(4)14-28-16(3)12-23-24(20-8-10-21(27)11-9-20)22(13-18(5)30)19(6)25(29)26(23)28/h8-12,17H,2,7,13-14H2,1,3-6H3. The topological polar surface area (TPSA) is 25.2 Å². The Morgan fingerprint density at radius 2 is 1.90 bits per heavy atom. The summed E-state index contributed by atoms with van der Waals surface area (Å²) in [6.45, 7) is 15.7. The monoisotopic (exact) mass is 420 g/mol. The second-order valence-corrected chi connectivity index (χ2v) is 8.95. The fraction of sp³-hybridized carbons (Fsp3) is 0.346. The zero-order valence-electron chi connectivity index (χ0n) is 18.5. The van der Waals surface area contributed by atoms with Gasteiger partial charge in [0.25, 0.3) is 0 Å². The molecule has 0 bridgehead atoms. The number of aromatic nitrogens is 1. The van der Waals surface area contributed by atoms with Crippen molar-refractivity contribution >= 4 is 34.0 Å². The lowest BCUT2D eigenvalue weighted by Gasteiger charge is -2.40. The number of Topliss-reactive ketones (excluding diaryl/α,β-unsaturated/α-hetero) is 1. The molecular weight excluding hydrogens is 392 g/mol. The lowest BCUT2D eigenvalue weighted by Crippen LogP contribution is -2.39. The van der Waals surface area contributed by atoms with Crippen molar-refractivity contribution in [2.45, 2.75) is 60.0 Å². The Balaban J connectivity index is 2.15. The van der Waals surface area contributed by atoms with E-state index in [2.05, 4.69) is 61.9 Å². The van der Waals surface area contributed by atoms with E-state index in [1.54, 1.807) is 6.92 Å². The van der Waals surface area contributed by atoms with Gasteiger partial charge in [0.1, 0.15) is 5.78 Å². The van der Waals surface area contributed by atoms with E-state index in [1.165, 1.54) is 27.8 Å². The second-order valence-electron chi connectivity index (χ2n) is 8.51. The van der Waals surface area contributed by atoms with Crippen LogP contribution in [0, 0.1) is 13.8 Å². The van der Waals surface area contributed by atoms with Gasteiger partial charge in [-0.1, -0.05) is 37.2 Å². The smallest absolute Gasteiger partial charge is 0.134 e. The van der Waals surface area contributed by atoms with Crippen LogP contribution in [0.15, 0.2) is 42.6 Å². The molecular formula is C26H29ClN2O. The number of rotatable bonds is 5. The third kappa shape index (κ3) is 3.16. The first-order valence-electron chi connectivity index (χ1n) is 10.6. The predicted octanol–water partition coefficient (Wildman–Crippen LogP) is 6.84. The first-order valence-corrected chi connectivity index (χ1v) is 11.0. The quantitative estimate of drug-likeness (QED) is 0.451. The molecule has 2 aromatic carbocycles. The Morgan fingerprint density at radius 3 is 2.50 bits per heavy atom. The number of halogens is 1. The average Bonchev–Trinajstić information content (AvgIpc) is 3.02. The largest absolute Gasteiger partial charge is 0.341 e. The number of hydrogen-bond donors (Lipinski definition) is 0. The van der Waals surface area contributed by atoms with Gasteiger partial charge in [-0.25, -0.2) is 0 Å². The van der Waals surface area contributed by atoms with Crippen LogP contribution in [-0.2, 0) is 17.8 Å². The van der Waals surface area contributed by atoms with Crippen LogP contribution in [0.4, 0.5) is 5.69 Å². The molecule has 0 saturated carbocycles. The van der Waals surface area contributed by atoms with Crippen LogP contribution in [0.3, 0.4) is 0 Å². The van der Waals surface area contributed by atoms with E-state index in [9.17, 15) is 4.79 Å². The van der Waals surface area contributed by atoms with Crippen LogP contribution in [0.25, 0.3) is 22.0 Å². The molecule has 3 nitrogen and oxygen atoms in total. The van der Waals surface area contributed by atoms with Gasteiger partial charge >= 0.3 is 0 Å². The third-order valence-electron chi connectivity index (χ3n) is 6.34. The van der Waals surface area contributed by atoms with Crippen LogP contribution < -0.4 is 4.90 Å². The van der Waals surface area contributed by atoms with Crippen molar-refractivity contribution in [3.63, 3.8) is 0 Å². The molecule has 0 amide bonds. The molecule has 4 rings (SSSR count). The highest BCUT2D eigenvalue weighted by molar-refractivity contribution is 6.30. The van der Waals surface area contributed by atoms with Crippen LogP contribution in [-0.4, -0.2) is 16.4 Å².